The Morgan fingerprint density at radius 1 is 1.00 bits per heavy atom. The second kappa shape index (κ2) is 9.65. The van der Waals surface area contributed by atoms with Gasteiger partial charge in [-0.2, -0.15) is 0 Å². The molecule has 15 heavy (non-hydrogen) atoms. The zero-order chi connectivity index (χ0) is 11.5. The smallest absolute Gasteiger partial charge is 0.327 e. The summed E-state index contributed by atoms with van der Waals surface area (Å²) in [4.78, 5) is 21.6. The Morgan fingerprint density at radius 2 is 1.60 bits per heavy atom. The van der Waals surface area contributed by atoms with Gasteiger partial charge in [0.15, 0.2) is 0 Å². The van der Waals surface area contributed by atoms with Gasteiger partial charge in [-0.3, -0.25) is 9.59 Å². The predicted octanol–water partition coefficient (Wildman–Crippen LogP) is 1.77. The molecule has 0 aromatic carbocycles. The minimum absolute atomic E-state index is 0.234. The number of ether oxygens (including phenoxy) is 1. The Morgan fingerprint density at radius 3 is 2.20 bits per heavy atom. The van der Waals surface area contributed by atoms with Gasteiger partial charge in [0.2, 0.25) is 0 Å². The summed E-state index contributed by atoms with van der Waals surface area (Å²) in [6.45, 7) is 1.93. The number of hydrogen-bond acceptors (Lipinski definition) is 4. The van der Waals surface area contributed by atoms with E-state index in [1.807, 2.05) is 0 Å². The summed E-state index contributed by atoms with van der Waals surface area (Å²) >= 11 is 0. The third kappa shape index (κ3) is 9.41. The van der Waals surface area contributed by atoms with Gasteiger partial charge >= 0.3 is 11.9 Å². The molecule has 0 spiro atoms. The van der Waals surface area contributed by atoms with Crippen LogP contribution in [0.25, 0.3) is 0 Å². The van der Waals surface area contributed by atoms with E-state index in [1.165, 1.54) is 19.3 Å². The number of esters is 2. The molecule has 0 saturated carbocycles. The first-order valence-corrected chi connectivity index (χ1v) is 5.64. The van der Waals surface area contributed by atoms with Gasteiger partial charge in [0.05, 0.1) is 6.54 Å². The summed E-state index contributed by atoms with van der Waals surface area (Å²) in [6, 6.07) is 0. The molecule has 0 aliphatic carbocycles. The van der Waals surface area contributed by atoms with Gasteiger partial charge in [-0.1, -0.05) is 39.0 Å². The van der Waals surface area contributed by atoms with Gasteiger partial charge < -0.3 is 10.5 Å². The molecule has 0 fully saturated rings. The summed E-state index contributed by atoms with van der Waals surface area (Å²) in [5, 5.41) is 0. The third-order valence-electron chi connectivity index (χ3n) is 2.13. The third-order valence-corrected chi connectivity index (χ3v) is 2.13. The van der Waals surface area contributed by atoms with E-state index in [0.29, 0.717) is 6.42 Å². The highest BCUT2D eigenvalue weighted by atomic mass is 16.6. The maximum atomic E-state index is 11.0. The average Bonchev–Trinajstić information content (AvgIpc) is 2.23. The van der Waals surface area contributed by atoms with Gasteiger partial charge in [-0.05, 0) is 6.42 Å². The molecule has 4 heteroatoms. The lowest BCUT2D eigenvalue weighted by molar-refractivity contribution is -0.158. The minimum Gasteiger partial charge on any atom is -0.392 e. The van der Waals surface area contributed by atoms with Crippen molar-refractivity contribution in [1.82, 2.24) is 0 Å². The van der Waals surface area contributed by atoms with Crippen LogP contribution in [0, 0.1) is 0 Å². The van der Waals surface area contributed by atoms with Gasteiger partial charge in [-0.25, -0.2) is 0 Å². The van der Waals surface area contributed by atoms with E-state index in [1.54, 1.807) is 0 Å². The Hall–Kier alpha value is -0.900. The molecular formula is C11H21NO3. The summed E-state index contributed by atoms with van der Waals surface area (Å²) < 4.78 is 4.42. The monoisotopic (exact) mass is 215 g/mol. The molecule has 0 rings (SSSR count). The maximum Gasteiger partial charge on any atom is 0.327 e. The zero-order valence-corrected chi connectivity index (χ0v) is 9.46. The second-order valence-corrected chi connectivity index (χ2v) is 3.57. The summed E-state index contributed by atoms with van der Waals surface area (Å²) in [7, 11) is 0. The van der Waals surface area contributed by atoms with E-state index < -0.39 is 11.9 Å². The van der Waals surface area contributed by atoms with Crippen molar-refractivity contribution in [3.05, 3.63) is 0 Å². The van der Waals surface area contributed by atoms with Crippen LogP contribution in [0.15, 0.2) is 0 Å². The lowest BCUT2D eigenvalue weighted by atomic mass is 10.1. The first-order chi connectivity index (χ1) is 7.20. The highest BCUT2D eigenvalue weighted by molar-refractivity contribution is 5.86. The van der Waals surface area contributed by atoms with Gasteiger partial charge in [0, 0.05) is 6.42 Å². The Balaban J connectivity index is 3.28. The number of nitrogens with two attached hydrogens (primary N) is 1. The molecule has 0 radical (unpaired) electrons. The summed E-state index contributed by atoms with van der Waals surface area (Å²) in [6.07, 6.45) is 6.95. The van der Waals surface area contributed by atoms with Crippen molar-refractivity contribution in [3.8, 4) is 0 Å². The van der Waals surface area contributed by atoms with Crippen LogP contribution in [0.2, 0.25) is 0 Å². The molecule has 0 aromatic rings. The van der Waals surface area contributed by atoms with E-state index in [0.717, 1.165) is 19.3 Å². The van der Waals surface area contributed by atoms with Crippen LogP contribution < -0.4 is 5.73 Å². The Bertz CT molecular complexity index is 192. The van der Waals surface area contributed by atoms with Crippen molar-refractivity contribution in [2.24, 2.45) is 5.73 Å². The van der Waals surface area contributed by atoms with Crippen molar-refractivity contribution in [1.29, 1.82) is 0 Å². The molecule has 0 atom stereocenters. The van der Waals surface area contributed by atoms with E-state index in [2.05, 4.69) is 11.7 Å². The molecule has 4 nitrogen and oxygen atoms in total. The fraction of sp³-hybridized carbons (Fsp3) is 0.818. The minimum atomic E-state index is -0.647. The van der Waals surface area contributed by atoms with Crippen LogP contribution in [0.5, 0.6) is 0 Å². The van der Waals surface area contributed by atoms with E-state index in [-0.39, 0.29) is 6.54 Å². The number of unbranched alkanes of at least 4 members (excludes halogenated alkanes) is 5. The van der Waals surface area contributed by atoms with Crippen molar-refractivity contribution < 1.29 is 14.3 Å². The van der Waals surface area contributed by atoms with Crippen LogP contribution in [0.4, 0.5) is 0 Å². The molecule has 0 unspecified atom stereocenters. The van der Waals surface area contributed by atoms with Crippen molar-refractivity contribution in [2.45, 2.75) is 51.9 Å². The SMILES string of the molecule is CCCCCCCCC(=O)OC(=O)CN. The molecule has 88 valence electrons. The highest BCUT2D eigenvalue weighted by Gasteiger charge is 2.07. The molecule has 0 bridgehead atoms. The summed E-state index contributed by atoms with van der Waals surface area (Å²) in [5.74, 6) is -1.10. The molecule has 0 heterocycles. The van der Waals surface area contributed by atoms with Crippen LogP contribution in [-0.2, 0) is 14.3 Å². The van der Waals surface area contributed by atoms with Crippen molar-refractivity contribution >= 4 is 11.9 Å². The molecule has 0 saturated heterocycles. The van der Waals surface area contributed by atoms with Gasteiger partial charge in [-0.15, -0.1) is 0 Å². The normalized spacial score (nSPS) is 10.0. The molecule has 0 amide bonds. The first kappa shape index (κ1) is 14.1. The lowest BCUT2D eigenvalue weighted by Crippen LogP contribution is -2.20. The van der Waals surface area contributed by atoms with E-state index in [9.17, 15) is 9.59 Å². The van der Waals surface area contributed by atoms with Gasteiger partial charge in [0.1, 0.15) is 0 Å². The van der Waals surface area contributed by atoms with Crippen molar-refractivity contribution in [2.75, 3.05) is 6.54 Å². The van der Waals surface area contributed by atoms with E-state index >= 15 is 0 Å². The van der Waals surface area contributed by atoms with Crippen LogP contribution in [-0.4, -0.2) is 18.5 Å². The fourth-order valence-corrected chi connectivity index (χ4v) is 1.27. The zero-order valence-electron chi connectivity index (χ0n) is 9.46. The van der Waals surface area contributed by atoms with E-state index in [4.69, 9.17) is 5.73 Å². The maximum absolute atomic E-state index is 11.0. The quantitative estimate of drug-likeness (QED) is 0.380. The van der Waals surface area contributed by atoms with Crippen LogP contribution >= 0.6 is 0 Å². The number of hydrogen-bond donors (Lipinski definition) is 1. The number of carbonyl (C=O) groups excluding carboxylic acids is 2. The second-order valence-electron chi connectivity index (χ2n) is 3.57. The standard InChI is InChI=1S/C11H21NO3/c1-2-3-4-5-6-7-8-10(13)15-11(14)9-12/h2-9,12H2,1H3. The van der Waals surface area contributed by atoms with Crippen molar-refractivity contribution in [3.63, 3.8) is 0 Å². The molecule has 2 N–H and O–H groups in total. The number of carbonyl (C=O) groups is 2. The highest BCUT2D eigenvalue weighted by Crippen LogP contribution is 2.07. The Kier molecular flexibility index (Phi) is 9.07. The summed E-state index contributed by atoms with van der Waals surface area (Å²) in [5.41, 5.74) is 5.00. The van der Waals surface area contributed by atoms with Gasteiger partial charge in [0.25, 0.3) is 0 Å². The Labute approximate surface area is 91.2 Å². The average molecular weight is 215 g/mol. The number of rotatable bonds is 8. The molecule has 0 aliphatic rings. The lowest BCUT2D eigenvalue weighted by Gasteiger charge is -2.01. The largest absolute Gasteiger partial charge is 0.392 e. The fourth-order valence-electron chi connectivity index (χ4n) is 1.27. The van der Waals surface area contributed by atoms with Crippen LogP contribution in [0.3, 0.4) is 0 Å². The first-order valence-electron chi connectivity index (χ1n) is 5.64. The van der Waals surface area contributed by atoms with Crippen LogP contribution in [0.1, 0.15) is 51.9 Å². The molecule has 0 aliphatic heterocycles. The predicted molar refractivity (Wildman–Crippen MR) is 58.1 cm³/mol. The molecule has 0 aromatic heterocycles. The molecular weight excluding hydrogens is 194 g/mol. The topological polar surface area (TPSA) is 69.4 Å².